The van der Waals surface area contributed by atoms with E-state index in [0.29, 0.717) is 5.76 Å². The molecule has 5 heteroatoms. The van der Waals surface area contributed by atoms with E-state index in [2.05, 4.69) is 10.6 Å². The lowest BCUT2D eigenvalue weighted by Gasteiger charge is -2.13. The molecule has 1 aromatic carbocycles. The highest BCUT2D eigenvalue weighted by molar-refractivity contribution is 6.35. The van der Waals surface area contributed by atoms with Crippen molar-refractivity contribution in [3.8, 4) is 0 Å². The van der Waals surface area contributed by atoms with Crippen molar-refractivity contribution >= 4 is 11.8 Å². The molecule has 0 spiro atoms. The molecule has 20 heavy (non-hydrogen) atoms. The summed E-state index contributed by atoms with van der Waals surface area (Å²) in [5.41, 5.74) is 0.944. The van der Waals surface area contributed by atoms with Crippen LogP contribution in [0.2, 0.25) is 0 Å². The highest BCUT2D eigenvalue weighted by Gasteiger charge is 2.16. The van der Waals surface area contributed by atoms with E-state index in [4.69, 9.17) is 4.42 Å². The number of amides is 2. The van der Waals surface area contributed by atoms with Crippen LogP contribution in [-0.2, 0) is 16.1 Å². The summed E-state index contributed by atoms with van der Waals surface area (Å²) in [6.07, 6.45) is 1.51. The molecule has 1 heterocycles. The van der Waals surface area contributed by atoms with E-state index in [1.165, 1.54) is 6.26 Å². The van der Waals surface area contributed by atoms with Crippen molar-refractivity contribution in [2.24, 2.45) is 0 Å². The lowest BCUT2D eigenvalue weighted by molar-refractivity contribution is -0.139. The zero-order chi connectivity index (χ0) is 14.4. The SMILES string of the molecule is C[C@H](NC(=O)C(=O)NCc1ccco1)c1ccccc1. The third-order valence-corrected chi connectivity index (χ3v) is 2.86. The normalized spacial score (nSPS) is 11.7. The molecule has 0 fully saturated rings. The minimum Gasteiger partial charge on any atom is -0.467 e. The van der Waals surface area contributed by atoms with Crippen molar-refractivity contribution in [1.82, 2.24) is 10.6 Å². The van der Waals surface area contributed by atoms with Crippen molar-refractivity contribution in [2.45, 2.75) is 19.5 Å². The lowest BCUT2D eigenvalue weighted by Crippen LogP contribution is -2.40. The van der Waals surface area contributed by atoms with E-state index in [-0.39, 0.29) is 12.6 Å². The van der Waals surface area contributed by atoms with Crippen LogP contribution in [0.5, 0.6) is 0 Å². The van der Waals surface area contributed by atoms with E-state index in [1.807, 2.05) is 37.3 Å². The van der Waals surface area contributed by atoms with E-state index in [1.54, 1.807) is 12.1 Å². The molecule has 1 atom stereocenters. The Morgan fingerprint density at radius 3 is 2.50 bits per heavy atom. The predicted molar refractivity (Wildman–Crippen MR) is 73.6 cm³/mol. The van der Waals surface area contributed by atoms with Gasteiger partial charge in [-0.1, -0.05) is 30.3 Å². The maximum atomic E-state index is 11.7. The second-order valence-corrected chi connectivity index (χ2v) is 4.37. The molecule has 0 radical (unpaired) electrons. The molecule has 1 aromatic heterocycles. The molecular weight excluding hydrogens is 256 g/mol. The zero-order valence-electron chi connectivity index (χ0n) is 11.1. The fraction of sp³-hybridized carbons (Fsp3) is 0.200. The van der Waals surface area contributed by atoms with E-state index >= 15 is 0 Å². The summed E-state index contributed by atoms with van der Waals surface area (Å²) in [5.74, 6) is -0.737. The summed E-state index contributed by atoms with van der Waals surface area (Å²) in [4.78, 5) is 23.4. The van der Waals surface area contributed by atoms with Gasteiger partial charge in [-0.2, -0.15) is 0 Å². The third kappa shape index (κ3) is 3.71. The number of nitrogens with one attached hydrogen (secondary N) is 2. The summed E-state index contributed by atoms with van der Waals surface area (Å²) >= 11 is 0. The predicted octanol–water partition coefficient (Wildman–Crippen LogP) is 1.77. The van der Waals surface area contributed by atoms with Gasteiger partial charge in [-0.3, -0.25) is 9.59 Å². The maximum absolute atomic E-state index is 11.7. The first-order chi connectivity index (χ1) is 9.66. The van der Waals surface area contributed by atoms with Crippen LogP contribution in [0, 0.1) is 0 Å². The molecule has 5 nitrogen and oxygen atoms in total. The molecule has 2 aromatic rings. The largest absolute Gasteiger partial charge is 0.467 e. The average molecular weight is 272 g/mol. The first-order valence-electron chi connectivity index (χ1n) is 6.33. The number of carbonyl (C=O) groups is 2. The van der Waals surface area contributed by atoms with Crippen molar-refractivity contribution in [3.63, 3.8) is 0 Å². The van der Waals surface area contributed by atoms with Crippen molar-refractivity contribution < 1.29 is 14.0 Å². The monoisotopic (exact) mass is 272 g/mol. The molecule has 2 N–H and O–H groups in total. The Morgan fingerprint density at radius 2 is 1.85 bits per heavy atom. The molecule has 0 aliphatic heterocycles. The van der Waals surface area contributed by atoms with Crippen LogP contribution >= 0.6 is 0 Å². The van der Waals surface area contributed by atoms with Crippen molar-refractivity contribution in [2.75, 3.05) is 0 Å². The lowest BCUT2D eigenvalue weighted by atomic mass is 10.1. The summed E-state index contributed by atoms with van der Waals surface area (Å²) in [6, 6.07) is 12.7. The van der Waals surface area contributed by atoms with Gasteiger partial charge in [0.25, 0.3) is 0 Å². The molecular formula is C15H16N2O3. The second-order valence-electron chi connectivity index (χ2n) is 4.37. The molecule has 0 aliphatic carbocycles. The van der Waals surface area contributed by atoms with Gasteiger partial charge in [-0.15, -0.1) is 0 Å². The van der Waals surface area contributed by atoms with E-state index < -0.39 is 11.8 Å². The highest BCUT2D eigenvalue weighted by Crippen LogP contribution is 2.10. The molecule has 104 valence electrons. The van der Waals surface area contributed by atoms with Gasteiger partial charge in [0.1, 0.15) is 5.76 Å². The summed E-state index contributed by atoms with van der Waals surface area (Å²) in [6.45, 7) is 2.02. The van der Waals surface area contributed by atoms with Crippen LogP contribution in [0.4, 0.5) is 0 Å². The number of hydrogen-bond acceptors (Lipinski definition) is 3. The Bertz CT molecular complexity index is 564. The molecule has 0 unspecified atom stereocenters. The standard InChI is InChI=1S/C15H16N2O3/c1-11(12-6-3-2-4-7-12)17-15(19)14(18)16-10-13-8-5-9-20-13/h2-9,11H,10H2,1H3,(H,16,18)(H,17,19)/t11-/m0/s1. The Kier molecular flexibility index (Phi) is 4.55. The zero-order valence-corrected chi connectivity index (χ0v) is 11.1. The smallest absolute Gasteiger partial charge is 0.309 e. The van der Waals surface area contributed by atoms with Crippen molar-refractivity contribution in [1.29, 1.82) is 0 Å². The van der Waals surface area contributed by atoms with Crippen molar-refractivity contribution in [3.05, 3.63) is 60.1 Å². The van der Waals surface area contributed by atoms with Gasteiger partial charge in [-0.05, 0) is 24.6 Å². The number of furan rings is 1. The van der Waals surface area contributed by atoms with Gasteiger partial charge in [0.05, 0.1) is 18.8 Å². The summed E-state index contributed by atoms with van der Waals surface area (Å²) < 4.78 is 5.07. The van der Waals surface area contributed by atoms with Crippen LogP contribution < -0.4 is 10.6 Å². The van der Waals surface area contributed by atoms with Gasteiger partial charge in [0.2, 0.25) is 0 Å². The third-order valence-electron chi connectivity index (χ3n) is 2.86. The fourth-order valence-corrected chi connectivity index (χ4v) is 1.75. The van der Waals surface area contributed by atoms with Gasteiger partial charge in [0, 0.05) is 0 Å². The fourth-order valence-electron chi connectivity index (χ4n) is 1.75. The quantitative estimate of drug-likeness (QED) is 0.833. The topological polar surface area (TPSA) is 71.3 Å². The Morgan fingerprint density at radius 1 is 1.10 bits per heavy atom. The molecule has 2 amide bonds. The number of hydrogen-bond donors (Lipinski definition) is 2. The minimum atomic E-state index is -0.677. The number of benzene rings is 1. The number of rotatable bonds is 4. The van der Waals surface area contributed by atoms with Crippen LogP contribution in [0.3, 0.4) is 0 Å². The first kappa shape index (κ1) is 13.9. The van der Waals surface area contributed by atoms with E-state index in [0.717, 1.165) is 5.56 Å². The Labute approximate surface area is 117 Å². The molecule has 2 rings (SSSR count). The summed E-state index contributed by atoms with van der Waals surface area (Å²) in [5, 5.41) is 5.14. The molecule has 0 saturated heterocycles. The molecule has 0 saturated carbocycles. The van der Waals surface area contributed by atoms with Gasteiger partial charge >= 0.3 is 11.8 Å². The second kappa shape index (κ2) is 6.56. The van der Waals surface area contributed by atoms with Crippen LogP contribution in [0.1, 0.15) is 24.3 Å². The number of carbonyl (C=O) groups excluding carboxylic acids is 2. The van der Waals surface area contributed by atoms with Gasteiger partial charge in [0.15, 0.2) is 0 Å². The van der Waals surface area contributed by atoms with Crippen LogP contribution in [0.25, 0.3) is 0 Å². The average Bonchev–Trinajstić information content (AvgIpc) is 2.98. The van der Waals surface area contributed by atoms with Crippen LogP contribution in [-0.4, -0.2) is 11.8 Å². The van der Waals surface area contributed by atoms with Gasteiger partial charge < -0.3 is 15.1 Å². The first-order valence-corrected chi connectivity index (χ1v) is 6.33. The molecule has 0 bridgehead atoms. The Hall–Kier alpha value is -2.56. The summed E-state index contributed by atoms with van der Waals surface area (Å²) in [7, 11) is 0. The Balaban J connectivity index is 1.83. The van der Waals surface area contributed by atoms with Gasteiger partial charge in [-0.25, -0.2) is 0 Å². The molecule has 0 aliphatic rings. The van der Waals surface area contributed by atoms with E-state index in [9.17, 15) is 9.59 Å². The minimum absolute atomic E-state index is 0.193. The van der Waals surface area contributed by atoms with Crippen LogP contribution in [0.15, 0.2) is 53.1 Å². The highest BCUT2D eigenvalue weighted by atomic mass is 16.3. The maximum Gasteiger partial charge on any atom is 0.309 e.